The zero-order valence-electron chi connectivity index (χ0n) is 48.4. The lowest BCUT2D eigenvalue weighted by Crippen LogP contribution is -2.45. The Hall–Kier alpha value is -2.32. The van der Waals surface area contributed by atoms with Gasteiger partial charge < -0.3 is 19.8 Å². The predicted molar refractivity (Wildman–Crippen MR) is 318 cm³/mol. The number of hydrogen-bond acceptors (Lipinski definition) is 5. The number of phosphoric ester groups is 1. The van der Waals surface area contributed by atoms with Crippen LogP contribution in [0.4, 0.5) is 0 Å². The zero-order valence-corrected chi connectivity index (χ0v) is 49.3. The highest BCUT2D eigenvalue weighted by Gasteiger charge is 2.27. The summed E-state index contributed by atoms with van der Waals surface area (Å²) in [5, 5.41) is 13.9. The molecule has 3 N–H and O–H groups in total. The number of aliphatic hydroxyl groups is 1. The van der Waals surface area contributed by atoms with Gasteiger partial charge in [-0.1, -0.05) is 272 Å². The van der Waals surface area contributed by atoms with Crippen LogP contribution in [0.25, 0.3) is 0 Å². The second kappa shape index (κ2) is 54.5. The molecule has 3 atom stereocenters. The smallest absolute Gasteiger partial charge is 0.387 e. The molecule has 3 unspecified atom stereocenters. The van der Waals surface area contributed by atoms with Crippen LogP contribution in [0.15, 0.2) is 85.1 Å². The van der Waals surface area contributed by atoms with Crippen molar-refractivity contribution in [2.24, 2.45) is 0 Å². The van der Waals surface area contributed by atoms with Gasteiger partial charge >= 0.3 is 7.82 Å². The minimum Gasteiger partial charge on any atom is -0.387 e. The number of amides is 1. The fourth-order valence-corrected chi connectivity index (χ4v) is 9.37. The van der Waals surface area contributed by atoms with Gasteiger partial charge in [0.1, 0.15) is 13.2 Å². The molecule has 0 radical (unpaired) electrons. The summed E-state index contributed by atoms with van der Waals surface area (Å²) in [7, 11) is 1.55. The normalized spacial score (nSPS) is 14.5. The van der Waals surface area contributed by atoms with E-state index in [1.807, 2.05) is 27.2 Å². The van der Waals surface area contributed by atoms with E-state index in [9.17, 15) is 19.4 Å². The van der Waals surface area contributed by atoms with E-state index >= 15 is 0 Å². The number of carbonyl (C=O) groups is 1. The number of allylic oxidation sites excluding steroid dienone is 13. The second-order valence-electron chi connectivity index (χ2n) is 21.7. The van der Waals surface area contributed by atoms with Crippen LogP contribution in [0.2, 0.25) is 0 Å². The number of carbonyl (C=O) groups excluding carboxylic acids is 1. The number of nitrogens with one attached hydrogen (secondary N) is 1. The highest BCUT2D eigenvalue weighted by atomic mass is 31.2. The fraction of sp³-hybridized carbons (Fsp3) is 0.766. The van der Waals surface area contributed by atoms with Crippen LogP contribution >= 0.6 is 7.82 Å². The van der Waals surface area contributed by atoms with Gasteiger partial charge in [0, 0.05) is 6.42 Å². The molecule has 0 saturated heterocycles. The van der Waals surface area contributed by atoms with Crippen LogP contribution < -0.4 is 5.32 Å². The third-order valence-electron chi connectivity index (χ3n) is 13.4. The fourth-order valence-electron chi connectivity index (χ4n) is 8.64. The molecule has 0 saturated carbocycles. The summed E-state index contributed by atoms with van der Waals surface area (Å²) in [6.45, 7) is 4.70. The van der Waals surface area contributed by atoms with Crippen molar-refractivity contribution >= 4 is 13.7 Å². The number of unbranched alkanes of at least 4 members (excludes halogenated alkanes) is 30. The number of aliphatic hydroxyl groups excluding tert-OH is 1. The first-order valence-corrected chi connectivity index (χ1v) is 32.0. The van der Waals surface area contributed by atoms with Gasteiger partial charge in [-0.05, 0) is 70.6 Å². The molecule has 0 spiro atoms. The standard InChI is InChI=1S/C64H117N2O6P/c1-6-8-10-12-14-16-18-20-22-24-26-28-30-31-32-33-34-36-37-39-41-43-45-47-49-51-53-55-57-63(67)62(61-72-73(69,70)71-60-59-66(3,4)5)65-64(68)58-56-54-52-50-48-46-44-42-40-38-35-29-27-25-23-21-19-17-15-13-11-9-7-2/h9,11,15,17,21,23,27,29,38,40,44,46,55,57,62-63,67H,6-8,10,12-14,16,18-20,22,24-26,28,30-37,39,41-43,45,47-54,56,58-61H2,1-5H3,(H-,65,68,69,70)/p+1/b11-9-,17-15-,23-21-,29-27-,40-38-,46-44-,57-55+. The Morgan fingerprint density at radius 2 is 0.822 bits per heavy atom. The molecular formula is C64H118N2O6P+. The van der Waals surface area contributed by atoms with Crippen molar-refractivity contribution in [3.8, 4) is 0 Å². The van der Waals surface area contributed by atoms with Crippen molar-refractivity contribution in [1.82, 2.24) is 5.32 Å². The highest BCUT2D eigenvalue weighted by Crippen LogP contribution is 2.43. The largest absolute Gasteiger partial charge is 0.472 e. The maximum atomic E-state index is 13.0. The van der Waals surface area contributed by atoms with Gasteiger partial charge in [-0.3, -0.25) is 13.8 Å². The monoisotopic (exact) mass is 1040 g/mol. The van der Waals surface area contributed by atoms with E-state index < -0.39 is 20.0 Å². The molecule has 1 amide bonds. The summed E-state index contributed by atoms with van der Waals surface area (Å²) in [5.41, 5.74) is 0. The average Bonchev–Trinajstić information content (AvgIpc) is 3.35. The molecule has 0 aliphatic carbocycles. The summed E-state index contributed by atoms with van der Waals surface area (Å²) in [4.78, 5) is 23.3. The van der Waals surface area contributed by atoms with Crippen molar-refractivity contribution < 1.29 is 32.9 Å². The number of nitrogens with zero attached hydrogens (tertiary/aromatic N) is 1. The van der Waals surface area contributed by atoms with Crippen LogP contribution in [0, 0.1) is 0 Å². The van der Waals surface area contributed by atoms with Crippen molar-refractivity contribution in [3.05, 3.63) is 85.1 Å². The van der Waals surface area contributed by atoms with Gasteiger partial charge in [-0.2, -0.15) is 0 Å². The van der Waals surface area contributed by atoms with Crippen molar-refractivity contribution in [3.63, 3.8) is 0 Å². The molecule has 0 aromatic carbocycles. The van der Waals surface area contributed by atoms with E-state index in [2.05, 4.69) is 92.1 Å². The number of quaternary nitrogens is 1. The molecule has 0 aromatic heterocycles. The van der Waals surface area contributed by atoms with E-state index in [0.29, 0.717) is 17.4 Å². The van der Waals surface area contributed by atoms with Gasteiger partial charge in [0.2, 0.25) is 5.91 Å². The highest BCUT2D eigenvalue weighted by molar-refractivity contribution is 7.47. The lowest BCUT2D eigenvalue weighted by atomic mass is 10.0. The molecule has 8 nitrogen and oxygen atoms in total. The summed E-state index contributed by atoms with van der Waals surface area (Å²) in [6.07, 6.45) is 77.0. The van der Waals surface area contributed by atoms with Crippen molar-refractivity contribution in [2.45, 2.75) is 276 Å². The molecule has 0 bridgehead atoms. The Morgan fingerprint density at radius 3 is 1.21 bits per heavy atom. The van der Waals surface area contributed by atoms with Crippen molar-refractivity contribution in [1.29, 1.82) is 0 Å². The molecule has 0 heterocycles. The maximum absolute atomic E-state index is 13.0. The van der Waals surface area contributed by atoms with Gasteiger partial charge in [0.15, 0.2) is 0 Å². The van der Waals surface area contributed by atoms with Crippen molar-refractivity contribution in [2.75, 3.05) is 40.9 Å². The van der Waals surface area contributed by atoms with Crippen LogP contribution in [-0.2, 0) is 18.4 Å². The van der Waals surface area contributed by atoms with Crippen LogP contribution in [-0.4, -0.2) is 73.4 Å². The van der Waals surface area contributed by atoms with Gasteiger partial charge in [0.05, 0.1) is 39.9 Å². The third kappa shape index (κ3) is 57.2. The lowest BCUT2D eigenvalue weighted by Gasteiger charge is -2.25. The number of phosphoric acid groups is 1. The van der Waals surface area contributed by atoms with E-state index in [4.69, 9.17) is 9.05 Å². The minimum atomic E-state index is -4.36. The molecule has 0 aliphatic heterocycles. The molecule has 0 rings (SSSR count). The lowest BCUT2D eigenvalue weighted by molar-refractivity contribution is -0.870. The SMILES string of the molecule is CC/C=C\C/C=C\C/C=C\C/C=C\C/C=C\C/C=C\CCCCCCC(=O)NC(COP(=O)(O)OCC[N+](C)(C)C)C(O)/C=C/CCCCCCCCCCCCCCCCCCCCCCCCCCCC. The van der Waals surface area contributed by atoms with Gasteiger partial charge in [-0.25, -0.2) is 4.57 Å². The topological polar surface area (TPSA) is 105 Å². The number of likely N-dealkylation sites (N-methyl/N-ethyl adjacent to an activating group) is 1. The van der Waals surface area contributed by atoms with E-state index in [1.165, 1.54) is 154 Å². The number of rotatable bonds is 55. The predicted octanol–water partition coefficient (Wildman–Crippen LogP) is 18.8. The molecule has 9 heteroatoms. The molecule has 0 fully saturated rings. The Bertz CT molecular complexity index is 1460. The minimum absolute atomic E-state index is 0.0521. The van der Waals surface area contributed by atoms with Crippen LogP contribution in [0.5, 0.6) is 0 Å². The molecule has 424 valence electrons. The van der Waals surface area contributed by atoms with Gasteiger partial charge in [0.25, 0.3) is 0 Å². The second-order valence-corrected chi connectivity index (χ2v) is 23.2. The molecule has 0 aliphatic rings. The van der Waals surface area contributed by atoms with Crippen LogP contribution in [0.1, 0.15) is 264 Å². The first kappa shape index (κ1) is 70.7. The Kier molecular flexibility index (Phi) is 52.7. The maximum Gasteiger partial charge on any atom is 0.472 e. The first-order chi connectivity index (χ1) is 35.5. The van der Waals surface area contributed by atoms with Crippen LogP contribution in [0.3, 0.4) is 0 Å². The Morgan fingerprint density at radius 1 is 0.479 bits per heavy atom. The first-order valence-electron chi connectivity index (χ1n) is 30.5. The quantitative estimate of drug-likeness (QED) is 0.0243. The molecule has 0 aromatic rings. The number of hydrogen-bond donors (Lipinski definition) is 3. The zero-order chi connectivity index (χ0) is 53.5. The summed E-state index contributed by atoms with van der Waals surface area (Å²) in [5.74, 6) is -0.202. The third-order valence-corrected chi connectivity index (χ3v) is 14.4. The summed E-state index contributed by atoms with van der Waals surface area (Å²) in [6, 6.07) is -0.867. The Balaban J connectivity index is 4.24. The average molecular weight is 1040 g/mol. The summed E-state index contributed by atoms with van der Waals surface area (Å²) < 4.78 is 23.7. The molecular weight excluding hydrogens is 924 g/mol. The summed E-state index contributed by atoms with van der Waals surface area (Å²) >= 11 is 0. The van der Waals surface area contributed by atoms with E-state index in [0.717, 1.165) is 89.9 Å². The van der Waals surface area contributed by atoms with E-state index in [1.54, 1.807) is 6.08 Å². The Labute approximate surface area is 452 Å². The van der Waals surface area contributed by atoms with E-state index in [-0.39, 0.29) is 19.1 Å². The van der Waals surface area contributed by atoms with Gasteiger partial charge in [-0.15, -0.1) is 0 Å². The molecule has 73 heavy (non-hydrogen) atoms.